The van der Waals surface area contributed by atoms with E-state index in [9.17, 15) is 9.18 Å². The van der Waals surface area contributed by atoms with E-state index >= 15 is 0 Å². The Labute approximate surface area is 162 Å². The second-order valence-electron chi connectivity index (χ2n) is 6.96. The number of carbonyl (C=O) groups is 1. The smallest absolute Gasteiger partial charge is 0.239 e. The summed E-state index contributed by atoms with van der Waals surface area (Å²) < 4.78 is 13.0. The topological polar surface area (TPSA) is 74.2 Å². The highest BCUT2D eigenvalue weighted by atomic mass is 19.1. The first kappa shape index (κ1) is 18.4. The van der Waals surface area contributed by atoms with Crippen LogP contribution in [0.1, 0.15) is 0 Å². The average Bonchev–Trinajstić information content (AvgIpc) is 2.70. The summed E-state index contributed by atoms with van der Waals surface area (Å²) in [5.74, 6) is -0.150. The zero-order chi connectivity index (χ0) is 19.5. The molecule has 1 N–H and O–H groups in total. The molecule has 28 heavy (non-hydrogen) atoms. The number of halogens is 1. The summed E-state index contributed by atoms with van der Waals surface area (Å²) in [6, 6.07) is 8.42. The predicted octanol–water partition coefficient (Wildman–Crippen LogP) is 2.02. The molecule has 1 aliphatic rings. The van der Waals surface area contributed by atoms with Gasteiger partial charge in [-0.2, -0.15) is 4.39 Å². The molecule has 1 saturated heterocycles. The van der Waals surface area contributed by atoms with Gasteiger partial charge in [-0.25, -0.2) is 15.0 Å². The third-order valence-electron chi connectivity index (χ3n) is 4.83. The van der Waals surface area contributed by atoms with Crippen molar-refractivity contribution in [3.63, 3.8) is 0 Å². The quantitative estimate of drug-likeness (QED) is 0.698. The molecule has 3 aromatic heterocycles. The molecule has 1 amide bonds. The van der Waals surface area contributed by atoms with Crippen molar-refractivity contribution in [2.75, 3.05) is 45.1 Å². The first-order valence-corrected chi connectivity index (χ1v) is 9.16. The van der Waals surface area contributed by atoms with E-state index in [4.69, 9.17) is 0 Å². The molecule has 7 nitrogen and oxygen atoms in total. The van der Waals surface area contributed by atoms with E-state index in [0.717, 1.165) is 37.1 Å². The zero-order valence-electron chi connectivity index (χ0n) is 15.6. The molecule has 0 atom stereocenters. The summed E-state index contributed by atoms with van der Waals surface area (Å²) in [6.45, 7) is 4.04. The Kier molecular flexibility index (Phi) is 5.23. The van der Waals surface area contributed by atoms with Gasteiger partial charge in [0.05, 0.1) is 17.8 Å². The van der Waals surface area contributed by atoms with Gasteiger partial charge in [-0.1, -0.05) is 0 Å². The van der Waals surface area contributed by atoms with Gasteiger partial charge in [0.1, 0.15) is 5.82 Å². The first-order valence-electron chi connectivity index (χ1n) is 9.16. The maximum Gasteiger partial charge on any atom is 0.239 e. The van der Waals surface area contributed by atoms with Gasteiger partial charge in [0.25, 0.3) is 0 Å². The number of aromatic nitrogens is 3. The predicted molar refractivity (Wildman–Crippen MR) is 105 cm³/mol. The minimum atomic E-state index is -0.529. The van der Waals surface area contributed by atoms with E-state index in [0.29, 0.717) is 23.6 Å². The number of amides is 1. The lowest BCUT2D eigenvalue weighted by atomic mass is 10.1. The summed E-state index contributed by atoms with van der Waals surface area (Å²) in [6.07, 6.45) is 3.13. The molecule has 0 spiro atoms. The Morgan fingerprint density at radius 3 is 2.68 bits per heavy atom. The Morgan fingerprint density at radius 1 is 1.11 bits per heavy atom. The second kappa shape index (κ2) is 7.95. The van der Waals surface area contributed by atoms with E-state index in [1.807, 2.05) is 12.1 Å². The fourth-order valence-electron chi connectivity index (χ4n) is 3.16. The van der Waals surface area contributed by atoms with Gasteiger partial charge in [0.2, 0.25) is 11.9 Å². The number of nitrogens with zero attached hydrogens (tertiary/aromatic N) is 5. The van der Waals surface area contributed by atoms with Gasteiger partial charge in [-0.05, 0) is 31.3 Å². The maximum atomic E-state index is 13.0. The SMILES string of the molecule is CN1CCN(CC(=O)Nc2cc3nc(-c4ccc(F)nc4)ccc3cn2)CC1. The minimum Gasteiger partial charge on any atom is -0.310 e. The molecule has 8 heteroatoms. The number of nitrogens with one attached hydrogen (secondary N) is 1. The first-order chi connectivity index (χ1) is 13.6. The van der Waals surface area contributed by atoms with Crippen LogP contribution in [-0.2, 0) is 4.79 Å². The summed E-state index contributed by atoms with van der Waals surface area (Å²) in [7, 11) is 2.08. The molecule has 1 fully saturated rings. The standard InChI is InChI=1S/C20H21FN6O/c1-26-6-8-27(9-7-26)13-20(28)25-19-10-17-15(12-23-19)2-4-16(24-17)14-3-5-18(21)22-11-14/h2-5,10-12H,6-9,13H2,1H3,(H,23,25,28). The highest BCUT2D eigenvalue weighted by Gasteiger charge is 2.17. The van der Waals surface area contributed by atoms with Crippen LogP contribution < -0.4 is 5.32 Å². The van der Waals surface area contributed by atoms with E-state index in [2.05, 4.69) is 37.1 Å². The summed E-state index contributed by atoms with van der Waals surface area (Å²) in [5, 5.41) is 3.71. The number of pyridine rings is 3. The minimum absolute atomic E-state index is 0.0877. The number of anilines is 1. The molecule has 0 aliphatic carbocycles. The molecular formula is C20H21FN6O. The normalized spacial score (nSPS) is 15.6. The molecule has 0 saturated carbocycles. The van der Waals surface area contributed by atoms with Gasteiger partial charge in [0, 0.05) is 55.6 Å². The molecule has 0 bridgehead atoms. The van der Waals surface area contributed by atoms with Crippen LogP contribution >= 0.6 is 0 Å². The van der Waals surface area contributed by atoms with Crippen molar-refractivity contribution in [3.8, 4) is 11.3 Å². The van der Waals surface area contributed by atoms with Gasteiger partial charge < -0.3 is 10.2 Å². The van der Waals surface area contributed by atoms with Crippen molar-refractivity contribution in [1.82, 2.24) is 24.8 Å². The third-order valence-corrected chi connectivity index (χ3v) is 4.83. The van der Waals surface area contributed by atoms with Crippen LogP contribution in [0.5, 0.6) is 0 Å². The highest BCUT2D eigenvalue weighted by molar-refractivity contribution is 5.93. The fourth-order valence-corrected chi connectivity index (χ4v) is 3.16. The van der Waals surface area contributed by atoms with Gasteiger partial charge >= 0.3 is 0 Å². The van der Waals surface area contributed by atoms with Crippen molar-refractivity contribution in [2.45, 2.75) is 0 Å². The van der Waals surface area contributed by atoms with Gasteiger partial charge in [-0.3, -0.25) is 9.69 Å². The van der Waals surface area contributed by atoms with Crippen LogP contribution in [0, 0.1) is 5.95 Å². The number of rotatable bonds is 4. The molecule has 0 radical (unpaired) electrons. The summed E-state index contributed by atoms with van der Waals surface area (Å²) >= 11 is 0. The largest absolute Gasteiger partial charge is 0.310 e. The molecule has 4 heterocycles. The van der Waals surface area contributed by atoms with Crippen LogP contribution in [0.25, 0.3) is 22.2 Å². The number of hydrogen-bond acceptors (Lipinski definition) is 6. The Bertz CT molecular complexity index is 986. The number of carbonyl (C=O) groups excluding carboxylic acids is 1. The van der Waals surface area contributed by atoms with Crippen molar-refractivity contribution in [3.05, 3.63) is 48.7 Å². The lowest BCUT2D eigenvalue weighted by Crippen LogP contribution is -2.47. The lowest BCUT2D eigenvalue weighted by Gasteiger charge is -2.31. The monoisotopic (exact) mass is 380 g/mol. The van der Waals surface area contributed by atoms with Crippen molar-refractivity contribution in [1.29, 1.82) is 0 Å². The molecule has 4 rings (SSSR count). The van der Waals surface area contributed by atoms with Gasteiger partial charge in [0.15, 0.2) is 0 Å². The Balaban J connectivity index is 1.48. The van der Waals surface area contributed by atoms with E-state index < -0.39 is 5.95 Å². The van der Waals surface area contributed by atoms with Crippen molar-refractivity contribution < 1.29 is 9.18 Å². The Hall–Kier alpha value is -2.97. The molecule has 144 valence electrons. The zero-order valence-corrected chi connectivity index (χ0v) is 15.6. The maximum absolute atomic E-state index is 13.0. The van der Waals surface area contributed by atoms with Crippen LogP contribution in [0.4, 0.5) is 10.2 Å². The van der Waals surface area contributed by atoms with E-state index in [1.165, 1.54) is 12.3 Å². The summed E-state index contributed by atoms with van der Waals surface area (Å²) in [4.78, 5) is 29.3. The molecular weight excluding hydrogens is 359 g/mol. The lowest BCUT2D eigenvalue weighted by molar-refractivity contribution is -0.117. The van der Waals surface area contributed by atoms with Crippen LogP contribution in [-0.4, -0.2) is 70.4 Å². The fraction of sp³-hybridized carbons (Fsp3) is 0.300. The molecule has 0 aromatic carbocycles. The number of fused-ring (bicyclic) bond motifs is 1. The van der Waals surface area contributed by atoms with Gasteiger partial charge in [-0.15, -0.1) is 0 Å². The highest BCUT2D eigenvalue weighted by Crippen LogP contribution is 2.21. The van der Waals surface area contributed by atoms with Crippen molar-refractivity contribution >= 4 is 22.6 Å². The molecule has 0 unspecified atom stereocenters. The van der Waals surface area contributed by atoms with Crippen LogP contribution in [0.15, 0.2) is 42.7 Å². The van der Waals surface area contributed by atoms with Crippen molar-refractivity contribution in [2.24, 2.45) is 0 Å². The molecule has 3 aromatic rings. The van der Waals surface area contributed by atoms with E-state index in [1.54, 1.807) is 18.3 Å². The average molecular weight is 380 g/mol. The van der Waals surface area contributed by atoms with Crippen LogP contribution in [0.2, 0.25) is 0 Å². The van der Waals surface area contributed by atoms with Crippen LogP contribution in [0.3, 0.4) is 0 Å². The van der Waals surface area contributed by atoms with E-state index in [-0.39, 0.29) is 5.91 Å². The molecule has 1 aliphatic heterocycles. The number of hydrogen-bond donors (Lipinski definition) is 1. The summed E-state index contributed by atoms with van der Waals surface area (Å²) in [5.41, 5.74) is 2.10. The number of piperazine rings is 1. The third kappa shape index (κ3) is 4.29. The second-order valence-corrected chi connectivity index (χ2v) is 6.96. The number of likely N-dealkylation sites (N-methyl/N-ethyl adjacent to an activating group) is 1. The Morgan fingerprint density at radius 2 is 1.93 bits per heavy atom.